The number of amides is 1. The van der Waals surface area contributed by atoms with Crippen molar-refractivity contribution in [1.29, 1.82) is 0 Å². The van der Waals surface area contributed by atoms with Gasteiger partial charge in [-0.2, -0.15) is 13.5 Å². The Morgan fingerprint density at radius 1 is 0.972 bits per heavy atom. The zero-order valence-electron chi connectivity index (χ0n) is 19.8. The van der Waals surface area contributed by atoms with Crippen molar-refractivity contribution in [3.63, 3.8) is 0 Å². The summed E-state index contributed by atoms with van der Waals surface area (Å²) >= 11 is 0. The summed E-state index contributed by atoms with van der Waals surface area (Å²) in [5.74, 6) is -0.0783. The molecule has 0 spiro atoms. The van der Waals surface area contributed by atoms with E-state index in [2.05, 4.69) is 10.5 Å². The van der Waals surface area contributed by atoms with Crippen LogP contribution in [0.5, 0.6) is 11.5 Å². The fraction of sp³-hybridized carbons (Fsp3) is 0.111. The molecule has 0 saturated heterocycles. The number of hydrazone groups is 1. The van der Waals surface area contributed by atoms with Crippen LogP contribution in [0.2, 0.25) is 0 Å². The molecule has 0 fully saturated rings. The fourth-order valence-corrected chi connectivity index (χ4v) is 4.36. The highest BCUT2D eigenvalue weighted by Crippen LogP contribution is 2.31. The Bertz CT molecular complexity index is 1480. The van der Waals surface area contributed by atoms with E-state index in [-0.39, 0.29) is 22.3 Å². The van der Waals surface area contributed by atoms with Crippen LogP contribution in [-0.4, -0.2) is 31.7 Å². The molecule has 3 aromatic carbocycles. The monoisotopic (exact) mass is 503 g/mol. The van der Waals surface area contributed by atoms with Gasteiger partial charge in [0.15, 0.2) is 11.5 Å². The molecule has 0 bridgehead atoms. The predicted molar refractivity (Wildman–Crippen MR) is 137 cm³/mol. The Hall–Kier alpha value is -4.37. The lowest BCUT2D eigenvalue weighted by Gasteiger charge is -2.12. The number of nitrogens with zero attached hydrogens (tertiary/aromatic N) is 2. The summed E-state index contributed by atoms with van der Waals surface area (Å²) in [6.07, 6.45) is 5.15. The van der Waals surface area contributed by atoms with Crippen LogP contribution in [0, 0.1) is 6.92 Å². The van der Waals surface area contributed by atoms with Gasteiger partial charge in [-0.15, -0.1) is 0 Å². The molecule has 0 aliphatic heterocycles. The minimum Gasteiger partial charge on any atom is -0.490 e. The summed E-state index contributed by atoms with van der Waals surface area (Å²) in [5.41, 5.74) is 5.24. The minimum atomic E-state index is -4.04. The largest absolute Gasteiger partial charge is 0.490 e. The normalized spacial score (nSPS) is 11.4. The van der Waals surface area contributed by atoms with Crippen molar-refractivity contribution in [2.75, 3.05) is 6.61 Å². The molecular weight excluding hydrogens is 478 g/mol. The molecule has 1 heterocycles. The molecule has 8 nitrogen and oxygen atoms in total. The van der Waals surface area contributed by atoms with E-state index in [4.69, 9.17) is 8.92 Å². The number of carbonyl (C=O) groups is 1. The molecule has 184 valence electrons. The fourth-order valence-electron chi connectivity index (χ4n) is 3.42. The molecule has 1 N–H and O–H groups in total. The van der Waals surface area contributed by atoms with E-state index < -0.39 is 10.1 Å². The van der Waals surface area contributed by atoms with Crippen LogP contribution in [0.4, 0.5) is 0 Å². The van der Waals surface area contributed by atoms with E-state index in [1.54, 1.807) is 43.3 Å². The second-order valence-electron chi connectivity index (χ2n) is 7.80. The van der Waals surface area contributed by atoms with Gasteiger partial charge >= 0.3 is 10.1 Å². The van der Waals surface area contributed by atoms with Crippen LogP contribution in [0.1, 0.15) is 28.4 Å². The van der Waals surface area contributed by atoms with Gasteiger partial charge in [0.1, 0.15) is 4.90 Å². The van der Waals surface area contributed by atoms with E-state index in [1.807, 2.05) is 48.1 Å². The van der Waals surface area contributed by atoms with E-state index >= 15 is 0 Å². The van der Waals surface area contributed by atoms with Gasteiger partial charge in [0.25, 0.3) is 5.91 Å². The van der Waals surface area contributed by atoms with Crippen LogP contribution < -0.4 is 14.3 Å². The minimum absolute atomic E-state index is 0.0455. The summed E-state index contributed by atoms with van der Waals surface area (Å²) in [7, 11) is -4.04. The molecule has 0 radical (unpaired) electrons. The molecule has 0 aliphatic carbocycles. The zero-order valence-corrected chi connectivity index (χ0v) is 20.6. The van der Waals surface area contributed by atoms with Crippen molar-refractivity contribution < 1.29 is 22.1 Å². The first-order valence-corrected chi connectivity index (χ1v) is 12.6. The molecule has 1 amide bonds. The third-order valence-corrected chi connectivity index (χ3v) is 6.44. The van der Waals surface area contributed by atoms with Crippen molar-refractivity contribution >= 4 is 22.2 Å². The van der Waals surface area contributed by atoms with E-state index in [9.17, 15) is 13.2 Å². The molecular formula is C27H25N3O5S. The van der Waals surface area contributed by atoms with Gasteiger partial charge in [-0.3, -0.25) is 4.79 Å². The van der Waals surface area contributed by atoms with Gasteiger partial charge in [0, 0.05) is 12.4 Å². The third-order valence-electron chi connectivity index (χ3n) is 5.19. The smallest absolute Gasteiger partial charge is 0.339 e. The van der Waals surface area contributed by atoms with Crippen LogP contribution in [0.3, 0.4) is 0 Å². The average Bonchev–Trinajstić information content (AvgIpc) is 3.41. The highest BCUT2D eigenvalue weighted by molar-refractivity contribution is 7.87. The van der Waals surface area contributed by atoms with Gasteiger partial charge in [0.05, 0.1) is 24.1 Å². The van der Waals surface area contributed by atoms with Crippen molar-refractivity contribution in [2.24, 2.45) is 5.10 Å². The third kappa shape index (κ3) is 5.81. The number of aryl methyl sites for hydroxylation is 1. The zero-order chi connectivity index (χ0) is 25.5. The highest BCUT2D eigenvalue weighted by atomic mass is 32.2. The number of nitrogens with one attached hydrogen (secondary N) is 1. The Balaban J connectivity index is 1.50. The number of ether oxygens (including phenoxy) is 1. The number of para-hydroxylation sites is 1. The van der Waals surface area contributed by atoms with Crippen molar-refractivity contribution in [3.05, 3.63) is 108 Å². The van der Waals surface area contributed by atoms with Gasteiger partial charge in [-0.25, -0.2) is 5.43 Å². The number of benzene rings is 3. The first-order chi connectivity index (χ1) is 17.4. The second kappa shape index (κ2) is 10.9. The predicted octanol–water partition coefficient (Wildman–Crippen LogP) is 4.72. The molecule has 4 aromatic rings. The van der Waals surface area contributed by atoms with Crippen LogP contribution in [-0.2, 0) is 10.1 Å². The Morgan fingerprint density at radius 3 is 2.42 bits per heavy atom. The van der Waals surface area contributed by atoms with Gasteiger partial charge < -0.3 is 13.5 Å². The summed E-state index contributed by atoms with van der Waals surface area (Å²) in [6.45, 7) is 3.95. The van der Waals surface area contributed by atoms with Gasteiger partial charge in [0.2, 0.25) is 0 Å². The quantitative estimate of drug-likeness (QED) is 0.203. The number of aromatic nitrogens is 1. The van der Waals surface area contributed by atoms with Crippen molar-refractivity contribution in [2.45, 2.75) is 18.7 Å². The lowest BCUT2D eigenvalue weighted by atomic mass is 10.1. The highest BCUT2D eigenvalue weighted by Gasteiger charge is 2.19. The van der Waals surface area contributed by atoms with Gasteiger partial charge in [-0.05, 0) is 74.0 Å². The van der Waals surface area contributed by atoms with Crippen LogP contribution in [0.25, 0.3) is 5.69 Å². The second-order valence-corrected chi connectivity index (χ2v) is 9.34. The SMILES string of the molecule is CCOc1cc(C=NNC(=O)c2ccccc2-n2cccc2)ccc1OS(=O)(=O)c1ccc(C)cc1. The average molecular weight is 504 g/mol. The number of hydrogen-bond donors (Lipinski definition) is 1. The maximum atomic E-state index is 12.7. The molecule has 0 aliphatic rings. The summed E-state index contributed by atoms with van der Waals surface area (Å²) in [5, 5.41) is 4.05. The van der Waals surface area contributed by atoms with Crippen molar-refractivity contribution in [1.82, 2.24) is 9.99 Å². The Labute approximate surface area is 209 Å². The number of rotatable bonds is 9. The molecule has 36 heavy (non-hydrogen) atoms. The van der Waals surface area contributed by atoms with Crippen molar-refractivity contribution in [3.8, 4) is 17.2 Å². The van der Waals surface area contributed by atoms with E-state index in [1.165, 1.54) is 24.4 Å². The summed E-state index contributed by atoms with van der Waals surface area (Å²) in [6, 6.07) is 22.0. The summed E-state index contributed by atoms with van der Waals surface area (Å²) < 4.78 is 38.2. The number of hydrogen-bond acceptors (Lipinski definition) is 6. The lowest BCUT2D eigenvalue weighted by Crippen LogP contribution is -2.19. The molecule has 1 aromatic heterocycles. The molecule has 9 heteroatoms. The molecule has 0 unspecified atom stereocenters. The lowest BCUT2D eigenvalue weighted by molar-refractivity contribution is 0.0955. The molecule has 4 rings (SSSR count). The van der Waals surface area contributed by atoms with Crippen LogP contribution in [0.15, 0.2) is 101 Å². The maximum Gasteiger partial charge on any atom is 0.339 e. The maximum absolute atomic E-state index is 12.7. The first-order valence-electron chi connectivity index (χ1n) is 11.2. The summed E-state index contributed by atoms with van der Waals surface area (Å²) in [4.78, 5) is 12.8. The van der Waals surface area contributed by atoms with Gasteiger partial charge in [-0.1, -0.05) is 29.8 Å². The number of carbonyl (C=O) groups excluding carboxylic acids is 1. The van der Waals surface area contributed by atoms with E-state index in [0.717, 1.165) is 11.3 Å². The topological polar surface area (TPSA) is 99.0 Å². The first kappa shape index (κ1) is 24.7. The molecule has 0 atom stereocenters. The Morgan fingerprint density at radius 2 is 1.69 bits per heavy atom. The van der Waals surface area contributed by atoms with Crippen LogP contribution >= 0.6 is 0 Å². The standard InChI is InChI=1S/C27H25N3O5S/c1-3-34-26-18-21(12-15-25(26)35-36(32,33)22-13-10-20(2)11-14-22)19-28-29-27(31)23-8-4-5-9-24(23)30-16-6-7-17-30/h4-19H,3H2,1-2H3,(H,29,31). The Kier molecular flexibility index (Phi) is 7.50. The van der Waals surface area contributed by atoms with E-state index in [0.29, 0.717) is 17.7 Å². The molecule has 0 saturated carbocycles.